The summed E-state index contributed by atoms with van der Waals surface area (Å²) in [6, 6.07) is 12.4. The number of hydrogen-bond acceptors (Lipinski definition) is 6. The first kappa shape index (κ1) is 24.1. The van der Waals surface area contributed by atoms with E-state index in [2.05, 4.69) is 15.3 Å². The molecule has 9 nitrogen and oxygen atoms in total. The third-order valence-corrected chi connectivity index (χ3v) is 7.87. The number of sulfonamides is 1. The molecule has 3 aromatic rings. The van der Waals surface area contributed by atoms with E-state index in [1.807, 2.05) is 37.3 Å². The van der Waals surface area contributed by atoms with E-state index in [0.29, 0.717) is 38.1 Å². The monoisotopic (exact) mass is 484 g/mol. The van der Waals surface area contributed by atoms with Crippen molar-refractivity contribution in [1.82, 2.24) is 19.6 Å². The average Bonchev–Trinajstić information content (AvgIpc) is 2.82. The van der Waals surface area contributed by atoms with Gasteiger partial charge in [0.25, 0.3) is 0 Å². The molecule has 1 aliphatic heterocycles. The van der Waals surface area contributed by atoms with E-state index >= 15 is 0 Å². The Balaban J connectivity index is 1.36. The van der Waals surface area contributed by atoms with Gasteiger partial charge in [0.1, 0.15) is 0 Å². The van der Waals surface area contributed by atoms with Crippen molar-refractivity contribution in [3.8, 4) is 0 Å². The van der Waals surface area contributed by atoms with Crippen molar-refractivity contribution in [3.63, 3.8) is 0 Å². The Morgan fingerprint density at radius 2 is 2.00 bits per heavy atom. The molecule has 1 atom stereocenters. The summed E-state index contributed by atoms with van der Waals surface area (Å²) in [5.74, 6) is -0.362. The van der Waals surface area contributed by atoms with E-state index in [0.717, 1.165) is 22.2 Å². The van der Waals surface area contributed by atoms with Gasteiger partial charge < -0.3 is 15.2 Å². The van der Waals surface area contributed by atoms with Gasteiger partial charge in [0.15, 0.2) is 0 Å². The van der Waals surface area contributed by atoms with Crippen molar-refractivity contribution in [2.75, 3.05) is 18.8 Å². The largest absolute Gasteiger partial charge is 0.465 e. The fourth-order valence-corrected chi connectivity index (χ4v) is 5.94. The lowest BCUT2D eigenvalue weighted by Gasteiger charge is -2.32. The lowest BCUT2D eigenvalue weighted by molar-refractivity contribution is 0.0107. The van der Waals surface area contributed by atoms with Crippen LogP contribution in [0.25, 0.3) is 10.9 Å². The van der Waals surface area contributed by atoms with E-state index in [9.17, 15) is 13.2 Å². The Hall–Kier alpha value is -3.08. The summed E-state index contributed by atoms with van der Waals surface area (Å²) in [5.41, 5.74) is 3.43. The van der Waals surface area contributed by atoms with Crippen LogP contribution in [-0.4, -0.2) is 58.8 Å². The van der Waals surface area contributed by atoms with Crippen LogP contribution in [0.15, 0.2) is 54.9 Å². The van der Waals surface area contributed by atoms with E-state index < -0.39 is 22.2 Å². The fraction of sp³-hybridized carbons (Fsp3) is 0.375. The number of hydrogen-bond donors (Lipinski definition) is 2. The second kappa shape index (κ2) is 10.5. The second-order valence-electron chi connectivity index (χ2n) is 8.42. The molecule has 2 aromatic heterocycles. The first-order valence-corrected chi connectivity index (χ1v) is 12.8. The number of carboxylic acid groups (broad SMARTS) is 1. The lowest BCUT2D eigenvalue weighted by Crippen LogP contribution is -2.44. The number of fused-ring (bicyclic) bond motifs is 1. The number of nitrogens with zero attached hydrogens (tertiary/aromatic N) is 3. The van der Waals surface area contributed by atoms with E-state index in [1.165, 1.54) is 10.5 Å². The number of nitrogens with one attached hydrogen (secondary N) is 1. The Bertz CT molecular complexity index is 1240. The zero-order chi connectivity index (χ0) is 24.1. The average molecular weight is 485 g/mol. The molecule has 2 N–H and O–H groups in total. The van der Waals surface area contributed by atoms with E-state index in [4.69, 9.17) is 9.84 Å². The van der Waals surface area contributed by atoms with Crippen LogP contribution in [0.5, 0.6) is 0 Å². The summed E-state index contributed by atoms with van der Waals surface area (Å²) in [6.07, 6.45) is 2.84. The van der Waals surface area contributed by atoms with Crippen LogP contribution in [0.3, 0.4) is 0 Å². The van der Waals surface area contributed by atoms with Crippen molar-refractivity contribution in [1.29, 1.82) is 0 Å². The number of piperidine rings is 1. The number of aryl methyl sites for hydroxylation is 1. The molecule has 0 radical (unpaired) electrons. The fourth-order valence-electron chi connectivity index (χ4n) is 4.27. The number of ether oxygens (including phenoxy) is 1. The van der Waals surface area contributed by atoms with Crippen LogP contribution in [0.1, 0.15) is 35.7 Å². The number of para-hydroxylation sites is 1. The van der Waals surface area contributed by atoms with Gasteiger partial charge in [0.2, 0.25) is 10.0 Å². The SMILES string of the molecule is Cc1cc(COC2CCN(S(=O)(=O)C[C@H](NC(=O)O)c3cccnc3)CC2)c2ccccc2n1. The summed E-state index contributed by atoms with van der Waals surface area (Å²) >= 11 is 0. The Morgan fingerprint density at radius 3 is 2.71 bits per heavy atom. The molecule has 0 saturated carbocycles. The summed E-state index contributed by atoms with van der Waals surface area (Å²) < 4.78 is 33.7. The van der Waals surface area contributed by atoms with Crippen LogP contribution >= 0.6 is 0 Å². The minimum absolute atomic E-state index is 0.0510. The van der Waals surface area contributed by atoms with Gasteiger partial charge in [-0.15, -0.1) is 0 Å². The highest BCUT2D eigenvalue weighted by Gasteiger charge is 2.32. The van der Waals surface area contributed by atoms with E-state index in [-0.39, 0.29) is 11.9 Å². The molecule has 0 bridgehead atoms. The number of pyridine rings is 2. The van der Waals surface area contributed by atoms with Crippen molar-refractivity contribution < 1.29 is 23.1 Å². The molecule has 180 valence electrons. The molecule has 10 heteroatoms. The molecule has 34 heavy (non-hydrogen) atoms. The number of rotatable bonds is 8. The number of amides is 1. The highest BCUT2D eigenvalue weighted by atomic mass is 32.2. The molecular weight excluding hydrogens is 456 g/mol. The van der Waals surface area contributed by atoms with Crippen molar-refractivity contribution in [2.24, 2.45) is 0 Å². The van der Waals surface area contributed by atoms with Gasteiger partial charge in [0, 0.05) is 36.6 Å². The maximum atomic E-state index is 13.0. The number of benzene rings is 1. The molecule has 0 unspecified atom stereocenters. The number of aromatic nitrogens is 2. The van der Waals surface area contributed by atoms with Crippen molar-refractivity contribution in [3.05, 3.63) is 71.7 Å². The number of carbonyl (C=O) groups is 1. The maximum absolute atomic E-state index is 13.0. The quantitative estimate of drug-likeness (QED) is 0.503. The minimum Gasteiger partial charge on any atom is -0.465 e. The van der Waals surface area contributed by atoms with Crippen LogP contribution in [0.4, 0.5) is 4.79 Å². The first-order chi connectivity index (χ1) is 16.3. The Labute approximate surface area is 198 Å². The molecule has 1 aromatic carbocycles. The molecule has 0 aliphatic carbocycles. The Morgan fingerprint density at radius 1 is 1.24 bits per heavy atom. The third-order valence-electron chi connectivity index (χ3n) is 5.96. The summed E-state index contributed by atoms with van der Waals surface area (Å²) in [6.45, 7) is 3.05. The smallest absolute Gasteiger partial charge is 0.405 e. The highest BCUT2D eigenvalue weighted by Crippen LogP contribution is 2.24. The molecule has 1 saturated heterocycles. The van der Waals surface area contributed by atoms with Gasteiger partial charge in [-0.2, -0.15) is 0 Å². The molecule has 1 amide bonds. The normalized spacial score (nSPS) is 16.4. The lowest BCUT2D eigenvalue weighted by atomic mass is 10.1. The molecule has 1 aliphatic rings. The summed E-state index contributed by atoms with van der Waals surface area (Å²) in [5, 5.41) is 12.5. The zero-order valence-electron chi connectivity index (χ0n) is 18.9. The van der Waals surface area contributed by atoms with Gasteiger partial charge >= 0.3 is 6.09 Å². The third kappa shape index (κ3) is 5.88. The van der Waals surface area contributed by atoms with Crippen LogP contribution in [0, 0.1) is 6.92 Å². The van der Waals surface area contributed by atoms with Gasteiger partial charge in [-0.05, 0) is 49.1 Å². The van der Waals surface area contributed by atoms with Gasteiger partial charge in [-0.1, -0.05) is 24.3 Å². The Kier molecular flexibility index (Phi) is 7.40. The standard InChI is InChI=1S/C24H28N4O5S/c1-17-13-19(21-6-2-3-7-22(21)26-17)15-33-20-8-11-28(12-9-20)34(31,32)16-23(27-24(29)30)18-5-4-10-25-14-18/h2-7,10,13-14,20,23,27H,8-9,11-12,15-16H2,1H3,(H,29,30)/t23-/m0/s1. The second-order valence-corrected chi connectivity index (χ2v) is 10.4. The molecule has 4 rings (SSSR count). The van der Waals surface area contributed by atoms with Crippen LogP contribution < -0.4 is 5.32 Å². The molecule has 1 fully saturated rings. The molecule has 3 heterocycles. The summed E-state index contributed by atoms with van der Waals surface area (Å²) in [7, 11) is -3.69. The van der Waals surface area contributed by atoms with Gasteiger partial charge in [-0.3, -0.25) is 9.97 Å². The van der Waals surface area contributed by atoms with Crippen LogP contribution in [0.2, 0.25) is 0 Å². The van der Waals surface area contributed by atoms with Crippen molar-refractivity contribution in [2.45, 2.75) is 38.5 Å². The molecular formula is C24H28N4O5S. The highest BCUT2D eigenvalue weighted by molar-refractivity contribution is 7.89. The minimum atomic E-state index is -3.69. The van der Waals surface area contributed by atoms with Crippen LogP contribution in [-0.2, 0) is 21.4 Å². The van der Waals surface area contributed by atoms with E-state index in [1.54, 1.807) is 18.3 Å². The molecule has 0 spiro atoms. The van der Waals surface area contributed by atoms with Crippen molar-refractivity contribution >= 4 is 27.0 Å². The zero-order valence-corrected chi connectivity index (χ0v) is 19.7. The maximum Gasteiger partial charge on any atom is 0.405 e. The topological polar surface area (TPSA) is 122 Å². The predicted octanol–water partition coefficient (Wildman–Crippen LogP) is 3.26. The first-order valence-electron chi connectivity index (χ1n) is 11.2. The predicted molar refractivity (Wildman–Crippen MR) is 128 cm³/mol. The van der Waals surface area contributed by atoms with Gasteiger partial charge in [-0.25, -0.2) is 17.5 Å². The summed E-state index contributed by atoms with van der Waals surface area (Å²) in [4.78, 5) is 19.7. The van der Waals surface area contributed by atoms with Gasteiger partial charge in [0.05, 0.1) is 30.0 Å².